The molecule has 5 heteroatoms. The Kier molecular flexibility index (Phi) is 3.19. The largest absolute Gasteiger partial charge is 0.396 e. The number of hydrogen-bond acceptors (Lipinski definition) is 4. The highest BCUT2D eigenvalue weighted by Crippen LogP contribution is 2.16. The molecule has 17 heavy (non-hydrogen) atoms. The molecule has 0 fully saturated rings. The fourth-order valence-electron chi connectivity index (χ4n) is 1.40. The number of carbonyl (C=O) groups is 1. The number of fused-ring (bicyclic) bond motifs is 1. The van der Waals surface area contributed by atoms with Crippen molar-refractivity contribution >= 4 is 32.7 Å². The molecule has 0 saturated heterocycles. The summed E-state index contributed by atoms with van der Waals surface area (Å²) < 4.78 is 0.851. The molecule has 0 aliphatic rings. The van der Waals surface area contributed by atoms with Gasteiger partial charge in [-0.25, -0.2) is 0 Å². The van der Waals surface area contributed by atoms with Gasteiger partial charge in [0.05, 0.1) is 23.2 Å². The van der Waals surface area contributed by atoms with E-state index in [1.165, 1.54) is 0 Å². The van der Waals surface area contributed by atoms with Gasteiger partial charge in [-0.2, -0.15) is 0 Å². The number of nitrogens with two attached hydrogens (primary N) is 1. The van der Waals surface area contributed by atoms with Gasteiger partial charge in [-0.05, 0) is 34.1 Å². The van der Waals surface area contributed by atoms with E-state index >= 15 is 0 Å². The van der Waals surface area contributed by atoms with Crippen molar-refractivity contribution in [2.24, 2.45) is 5.73 Å². The second-order valence-electron chi connectivity index (χ2n) is 3.62. The van der Waals surface area contributed by atoms with Crippen molar-refractivity contribution in [3.05, 3.63) is 46.8 Å². The van der Waals surface area contributed by atoms with Gasteiger partial charge in [0.2, 0.25) is 0 Å². The van der Waals surface area contributed by atoms with Crippen LogP contribution in [-0.2, 0) is 11.2 Å². The zero-order valence-corrected chi connectivity index (χ0v) is 10.6. The van der Waals surface area contributed by atoms with Gasteiger partial charge in [-0.15, -0.1) is 0 Å². The molecule has 2 aromatic heterocycles. The van der Waals surface area contributed by atoms with Crippen molar-refractivity contribution in [1.29, 1.82) is 0 Å². The first-order chi connectivity index (χ1) is 8.06. The molecule has 2 heterocycles. The molecule has 86 valence electrons. The van der Waals surface area contributed by atoms with Crippen LogP contribution in [0.25, 0.3) is 11.0 Å². The smallest absolute Gasteiger partial charge is 0.183 e. The highest BCUT2D eigenvalue weighted by molar-refractivity contribution is 9.10. The molecule has 0 aliphatic carbocycles. The van der Waals surface area contributed by atoms with Crippen LogP contribution in [0.4, 0.5) is 0 Å². The van der Waals surface area contributed by atoms with Crippen LogP contribution in [0, 0.1) is 0 Å². The molecule has 0 saturated carbocycles. The second kappa shape index (κ2) is 4.63. The molecule has 2 aromatic rings. The van der Waals surface area contributed by atoms with Gasteiger partial charge in [0.1, 0.15) is 0 Å². The van der Waals surface area contributed by atoms with E-state index in [0.29, 0.717) is 5.69 Å². The molecule has 2 rings (SSSR count). The van der Waals surface area contributed by atoms with Crippen molar-refractivity contribution in [2.75, 3.05) is 0 Å². The Morgan fingerprint density at radius 1 is 1.41 bits per heavy atom. The Hall–Kier alpha value is -1.75. The van der Waals surface area contributed by atoms with Crippen molar-refractivity contribution < 1.29 is 4.79 Å². The minimum absolute atomic E-state index is 0.0549. The fourth-order valence-corrected chi connectivity index (χ4v) is 1.72. The van der Waals surface area contributed by atoms with E-state index in [2.05, 4.69) is 32.5 Å². The predicted molar refractivity (Wildman–Crippen MR) is 69.3 cm³/mol. The summed E-state index contributed by atoms with van der Waals surface area (Å²) in [5.74, 6) is -0.209. The molecule has 4 nitrogen and oxygen atoms in total. The monoisotopic (exact) mass is 291 g/mol. The first-order valence-electron chi connectivity index (χ1n) is 4.95. The Labute approximate surface area is 107 Å². The van der Waals surface area contributed by atoms with Crippen LogP contribution < -0.4 is 5.73 Å². The van der Waals surface area contributed by atoms with E-state index in [0.717, 1.165) is 15.5 Å². The number of Topliss-reactive ketones (excluding diaryl/α,β-unsaturated/α-hetero) is 1. The van der Waals surface area contributed by atoms with Crippen LogP contribution in [0.2, 0.25) is 0 Å². The van der Waals surface area contributed by atoms with Gasteiger partial charge >= 0.3 is 0 Å². The summed E-state index contributed by atoms with van der Waals surface area (Å²) in [5, 5.41) is 0. The third kappa shape index (κ3) is 2.68. The molecule has 2 N–H and O–H groups in total. The van der Waals surface area contributed by atoms with Gasteiger partial charge in [-0.1, -0.05) is 6.58 Å². The Morgan fingerprint density at radius 2 is 2.18 bits per heavy atom. The lowest BCUT2D eigenvalue weighted by Crippen LogP contribution is -2.13. The summed E-state index contributed by atoms with van der Waals surface area (Å²) >= 11 is 3.33. The highest BCUT2D eigenvalue weighted by atomic mass is 79.9. The number of hydrogen-bond donors (Lipinski definition) is 1. The zero-order valence-electron chi connectivity index (χ0n) is 8.98. The van der Waals surface area contributed by atoms with Crippen LogP contribution in [0.1, 0.15) is 5.69 Å². The van der Waals surface area contributed by atoms with Crippen molar-refractivity contribution in [2.45, 2.75) is 6.42 Å². The topological polar surface area (TPSA) is 68.9 Å². The lowest BCUT2D eigenvalue weighted by Gasteiger charge is -2.02. The summed E-state index contributed by atoms with van der Waals surface area (Å²) in [7, 11) is 0. The number of pyridine rings is 2. The molecule has 0 radical (unpaired) electrons. The van der Waals surface area contributed by atoms with Crippen LogP contribution in [0.3, 0.4) is 0 Å². The molecular weight excluding hydrogens is 282 g/mol. The van der Waals surface area contributed by atoms with Gasteiger partial charge in [-0.3, -0.25) is 14.8 Å². The Morgan fingerprint density at radius 3 is 2.88 bits per heavy atom. The minimum atomic E-state index is -0.209. The highest BCUT2D eigenvalue weighted by Gasteiger charge is 2.07. The van der Waals surface area contributed by atoms with Crippen LogP contribution >= 0.6 is 15.9 Å². The third-order valence-electron chi connectivity index (χ3n) is 2.26. The second-order valence-corrected chi connectivity index (χ2v) is 4.54. The van der Waals surface area contributed by atoms with Crippen molar-refractivity contribution in [3.8, 4) is 0 Å². The summed E-state index contributed by atoms with van der Waals surface area (Å²) in [6, 6.07) is 5.45. The van der Waals surface area contributed by atoms with E-state index in [1.54, 1.807) is 12.3 Å². The van der Waals surface area contributed by atoms with E-state index in [9.17, 15) is 4.79 Å². The van der Waals surface area contributed by atoms with Gasteiger partial charge < -0.3 is 5.73 Å². The fraction of sp³-hybridized carbons (Fsp3) is 0.0833. The van der Waals surface area contributed by atoms with E-state index in [4.69, 9.17) is 5.73 Å². The van der Waals surface area contributed by atoms with Crippen LogP contribution in [0.5, 0.6) is 0 Å². The predicted octanol–water partition coefficient (Wildman–Crippen LogP) is 1.98. The lowest BCUT2D eigenvalue weighted by molar-refractivity contribution is -0.115. The van der Waals surface area contributed by atoms with Crippen molar-refractivity contribution in [3.63, 3.8) is 0 Å². The molecule has 0 aliphatic heterocycles. The first-order valence-corrected chi connectivity index (χ1v) is 5.74. The summed E-state index contributed by atoms with van der Waals surface area (Å²) in [5.41, 5.74) is 7.58. The lowest BCUT2D eigenvalue weighted by atomic mass is 10.1. The summed E-state index contributed by atoms with van der Waals surface area (Å²) in [4.78, 5) is 20.0. The number of ketones is 1. The number of carbonyl (C=O) groups excluding carboxylic acids is 1. The van der Waals surface area contributed by atoms with Crippen molar-refractivity contribution in [1.82, 2.24) is 9.97 Å². The van der Waals surface area contributed by atoms with Gasteiger partial charge in [0.15, 0.2) is 5.78 Å². The average Bonchev–Trinajstić information content (AvgIpc) is 2.28. The molecule has 0 unspecified atom stereocenters. The molecule has 0 spiro atoms. The number of halogens is 1. The maximum absolute atomic E-state index is 11.4. The Bertz CT molecular complexity index is 610. The first kappa shape index (κ1) is 11.7. The maximum Gasteiger partial charge on any atom is 0.183 e. The normalized spacial score (nSPS) is 10.4. The molecule has 0 atom stereocenters. The quantitative estimate of drug-likeness (QED) is 0.878. The number of rotatable bonds is 3. The summed E-state index contributed by atoms with van der Waals surface area (Å²) in [6.07, 6.45) is 1.87. The SMILES string of the molecule is C=C(N)C(=O)Cc1ccc2ncc(Br)cc2n1. The van der Waals surface area contributed by atoms with E-state index < -0.39 is 0 Å². The van der Waals surface area contributed by atoms with E-state index in [1.807, 2.05) is 12.1 Å². The molecular formula is C12H10BrN3O. The Balaban J connectivity index is 2.37. The van der Waals surface area contributed by atoms with E-state index in [-0.39, 0.29) is 17.9 Å². The minimum Gasteiger partial charge on any atom is -0.396 e. The van der Waals surface area contributed by atoms with Crippen LogP contribution in [-0.4, -0.2) is 15.8 Å². The summed E-state index contributed by atoms with van der Waals surface area (Å²) in [6.45, 7) is 3.41. The maximum atomic E-state index is 11.4. The van der Waals surface area contributed by atoms with Gasteiger partial charge in [0, 0.05) is 16.4 Å². The molecule has 0 bridgehead atoms. The van der Waals surface area contributed by atoms with Crippen LogP contribution in [0.15, 0.2) is 41.1 Å². The zero-order chi connectivity index (χ0) is 12.4. The number of nitrogens with zero attached hydrogens (tertiary/aromatic N) is 2. The van der Waals surface area contributed by atoms with Gasteiger partial charge in [0.25, 0.3) is 0 Å². The molecule has 0 aromatic carbocycles. The third-order valence-corrected chi connectivity index (χ3v) is 2.70. The molecule has 0 amide bonds. The standard InChI is InChI=1S/C12H10BrN3O/c1-7(14)12(17)5-9-2-3-10-11(16-9)4-8(13)6-15-10/h2-4,6H,1,5,14H2. The number of allylic oxidation sites excluding steroid dienone is 1. The number of aromatic nitrogens is 2. The average molecular weight is 292 g/mol.